The Hall–Kier alpha value is 0.1000. The van der Waals surface area contributed by atoms with Crippen LogP contribution in [0.15, 0.2) is 10.2 Å². The molecule has 0 bridgehead atoms. The summed E-state index contributed by atoms with van der Waals surface area (Å²) in [7, 11) is 1.63. The first-order valence-corrected chi connectivity index (χ1v) is 4.74. The highest BCUT2D eigenvalue weighted by Crippen LogP contribution is 2.09. The molecule has 0 N–H and O–H groups in total. The van der Waals surface area contributed by atoms with Crippen LogP contribution < -0.4 is 0 Å². The van der Waals surface area contributed by atoms with Crippen LogP contribution in [-0.2, 0) is 9.53 Å². The smallest absolute Gasteiger partial charge is 0.125 e. The summed E-state index contributed by atoms with van der Waals surface area (Å²) in [4.78, 5) is 10.4. The zero-order valence-electron chi connectivity index (χ0n) is 6.79. The molecule has 0 spiro atoms. The summed E-state index contributed by atoms with van der Waals surface area (Å²) in [5.74, 6) is -0.0207. The molecule has 64 valence electrons. The predicted molar refractivity (Wildman–Crippen MR) is 53.8 cm³/mol. The minimum absolute atomic E-state index is 0.0207. The van der Waals surface area contributed by atoms with Crippen LogP contribution in [0.3, 0.4) is 0 Å². The van der Waals surface area contributed by atoms with Gasteiger partial charge in [0.1, 0.15) is 6.29 Å². The maximum absolute atomic E-state index is 10.4. The number of carbonyl (C=O) groups is 1. The van der Waals surface area contributed by atoms with Crippen molar-refractivity contribution in [2.45, 2.75) is 19.4 Å². The van der Waals surface area contributed by atoms with Crippen LogP contribution >= 0.6 is 22.6 Å². The Morgan fingerprint density at radius 1 is 1.64 bits per heavy atom. The molecule has 0 saturated heterocycles. The number of hydrogen-bond acceptors (Lipinski definition) is 2. The van der Waals surface area contributed by atoms with E-state index in [1.54, 1.807) is 7.11 Å². The molecule has 11 heavy (non-hydrogen) atoms. The van der Waals surface area contributed by atoms with Crippen molar-refractivity contribution in [3.05, 3.63) is 10.2 Å². The third-order valence-corrected chi connectivity index (χ3v) is 2.07. The molecule has 3 heteroatoms. The van der Waals surface area contributed by atoms with Gasteiger partial charge in [0.15, 0.2) is 0 Å². The molecule has 2 nitrogen and oxygen atoms in total. The molecule has 0 rings (SSSR count). The fourth-order valence-corrected chi connectivity index (χ4v) is 1.09. The Labute approximate surface area is 81.1 Å². The molecule has 0 aliphatic heterocycles. The Balaban J connectivity index is 3.83. The molecule has 2 atom stereocenters. The third kappa shape index (κ3) is 4.53. The van der Waals surface area contributed by atoms with E-state index in [1.165, 1.54) is 0 Å². The Morgan fingerprint density at radius 2 is 2.27 bits per heavy atom. The van der Waals surface area contributed by atoms with Gasteiger partial charge < -0.3 is 9.53 Å². The minimum Gasteiger partial charge on any atom is -0.380 e. The molecule has 0 radical (unpaired) electrons. The number of rotatable bonds is 5. The topological polar surface area (TPSA) is 26.3 Å². The van der Waals surface area contributed by atoms with Gasteiger partial charge in [0, 0.05) is 13.0 Å². The number of hydrogen-bond donors (Lipinski definition) is 0. The van der Waals surface area contributed by atoms with E-state index >= 15 is 0 Å². The van der Waals surface area contributed by atoms with Gasteiger partial charge >= 0.3 is 0 Å². The van der Waals surface area contributed by atoms with Crippen molar-refractivity contribution in [3.8, 4) is 0 Å². The average Bonchev–Trinajstić information content (AvgIpc) is 2.05. The molecule has 0 fully saturated rings. The summed E-state index contributed by atoms with van der Waals surface area (Å²) in [6.07, 6.45) is 3.75. The third-order valence-electron chi connectivity index (χ3n) is 1.56. The van der Waals surface area contributed by atoms with Crippen LogP contribution in [0.25, 0.3) is 0 Å². The second-order valence-corrected chi connectivity index (χ2v) is 3.09. The summed E-state index contributed by atoms with van der Waals surface area (Å²) < 4.78 is 7.05. The molecule has 0 unspecified atom stereocenters. The Kier molecular flexibility index (Phi) is 6.85. The molecular weight excluding hydrogens is 255 g/mol. The van der Waals surface area contributed by atoms with Crippen LogP contribution in [0.1, 0.15) is 13.3 Å². The minimum atomic E-state index is -0.0207. The molecule has 0 aromatic rings. The zero-order valence-corrected chi connectivity index (χ0v) is 8.95. The SMILES string of the molecule is CO[C@H](C/C=C/I)[C@@H](C)C=O. The first-order valence-electron chi connectivity index (χ1n) is 3.49. The summed E-state index contributed by atoms with van der Waals surface area (Å²) in [6, 6.07) is 0. The van der Waals surface area contributed by atoms with Crippen molar-refractivity contribution in [1.29, 1.82) is 0 Å². The van der Waals surface area contributed by atoms with E-state index in [4.69, 9.17) is 4.74 Å². The molecule has 0 aromatic heterocycles. The first-order chi connectivity index (χ1) is 5.26. The van der Waals surface area contributed by atoms with Crippen molar-refractivity contribution in [1.82, 2.24) is 0 Å². The van der Waals surface area contributed by atoms with Gasteiger partial charge in [-0.3, -0.25) is 0 Å². The maximum atomic E-state index is 10.4. The van der Waals surface area contributed by atoms with E-state index in [1.807, 2.05) is 17.1 Å². The van der Waals surface area contributed by atoms with E-state index in [-0.39, 0.29) is 12.0 Å². The highest BCUT2D eigenvalue weighted by molar-refractivity contribution is 14.1. The Bertz CT molecular complexity index is 134. The fraction of sp³-hybridized carbons (Fsp3) is 0.625. The molecule has 0 aliphatic carbocycles. The highest BCUT2D eigenvalue weighted by Gasteiger charge is 2.13. The molecule has 0 aliphatic rings. The standard InChI is InChI=1S/C8H13IO2/c1-7(6-10)8(11-2)4-3-5-9/h3,5-8H,4H2,1-2H3/b5-3+/t7-,8+/m0/s1. The number of aldehydes is 1. The lowest BCUT2D eigenvalue weighted by Gasteiger charge is -2.15. The molecule has 0 amide bonds. The van der Waals surface area contributed by atoms with E-state index < -0.39 is 0 Å². The van der Waals surface area contributed by atoms with Crippen LogP contribution in [0.4, 0.5) is 0 Å². The van der Waals surface area contributed by atoms with Gasteiger partial charge in [-0.25, -0.2) is 0 Å². The van der Waals surface area contributed by atoms with E-state index in [2.05, 4.69) is 22.6 Å². The van der Waals surface area contributed by atoms with Gasteiger partial charge in [-0.15, -0.1) is 0 Å². The van der Waals surface area contributed by atoms with Crippen molar-refractivity contribution in [3.63, 3.8) is 0 Å². The largest absolute Gasteiger partial charge is 0.380 e. The van der Waals surface area contributed by atoms with Gasteiger partial charge in [-0.2, -0.15) is 0 Å². The van der Waals surface area contributed by atoms with Crippen molar-refractivity contribution < 1.29 is 9.53 Å². The second kappa shape index (κ2) is 6.79. The first kappa shape index (κ1) is 11.1. The Morgan fingerprint density at radius 3 is 2.64 bits per heavy atom. The zero-order chi connectivity index (χ0) is 8.69. The number of ether oxygens (including phenoxy) is 1. The molecular formula is C8H13IO2. The highest BCUT2D eigenvalue weighted by atomic mass is 127. The van der Waals surface area contributed by atoms with Crippen LogP contribution in [0, 0.1) is 5.92 Å². The van der Waals surface area contributed by atoms with Gasteiger partial charge in [-0.05, 0) is 10.5 Å². The average molecular weight is 268 g/mol. The summed E-state index contributed by atoms with van der Waals surface area (Å²) in [5, 5.41) is 0. The summed E-state index contributed by atoms with van der Waals surface area (Å²) >= 11 is 2.15. The maximum Gasteiger partial charge on any atom is 0.125 e. The molecule has 0 heterocycles. The van der Waals surface area contributed by atoms with Crippen molar-refractivity contribution in [2.24, 2.45) is 5.92 Å². The summed E-state index contributed by atoms with van der Waals surface area (Å²) in [5.41, 5.74) is 0. The lowest BCUT2D eigenvalue weighted by Crippen LogP contribution is -2.20. The van der Waals surface area contributed by atoms with E-state index in [9.17, 15) is 4.79 Å². The summed E-state index contributed by atoms with van der Waals surface area (Å²) in [6.45, 7) is 1.86. The molecule has 0 saturated carbocycles. The van der Waals surface area contributed by atoms with Crippen molar-refractivity contribution in [2.75, 3.05) is 7.11 Å². The fourth-order valence-electron chi connectivity index (χ4n) is 0.799. The van der Waals surface area contributed by atoms with Gasteiger partial charge in [0.25, 0.3) is 0 Å². The molecule has 0 aromatic carbocycles. The quantitative estimate of drug-likeness (QED) is 0.564. The normalized spacial score (nSPS) is 16.6. The lowest BCUT2D eigenvalue weighted by molar-refractivity contribution is -0.114. The number of methoxy groups -OCH3 is 1. The second-order valence-electron chi connectivity index (χ2n) is 2.37. The number of halogens is 1. The van der Waals surface area contributed by atoms with Crippen LogP contribution in [-0.4, -0.2) is 19.5 Å². The van der Waals surface area contributed by atoms with Gasteiger partial charge in [0.05, 0.1) is 6.10 Å². The number of carbonyl (C=O) groups excluding carboxylic acids is 1. The van der Waals surface area contributed by atoms with Crippen LogP contribution in [0.5, 0.6) is 0 Å². The predicted octanol–water partition coefficient (Wildman–Crippen LogP) is 2.18. The van der Waals surface area contributed by atoms with Crippen LogP contribution in [0.2, 0.25) is 0 Å². The van der Waals surface area contributed by atoms with E-state index in [0.717, 1.165) is 12.7 Å². The van der Waals surface area contributed by atoms with Gasteiger partial charge in [0.2, 0.25) is 0 Å². The monoisotopic (exact) mass is 268 g/mol. The van der Waals surface area contributed by atoms with Gasteiger partial charge in [-0.1, -0.05) is 35.6 Å². The van der Waals surface area contributed by atoms with E-state index in [0.29, 0.717) is 0 Å². The lowest BCUT2D eigenvalue weighted by atomic mass is 10.0. The van der Waals surface area contributed by atoms with Crippen molar-refractivity contribution >= 4 is 28.9 Å².